The third-order valence-corrected chi connectivity index (χ3v) is 7.70. The number of sulfonamides is 1. The van der Waals surface area contributed by atoms with Crippen LogP contribution in [0.2, 0.25) is 0 Å². The number of fused-ring (bicyclic) bond motifs is 1. The zero-order chi connectivity index (χ0) is 24.0. The topological polar surface area (TPSA) is 88.2 Å². The largest absolute Gasteiger partial charge is 0.486 e. The fourth-order valence-corrected chi connectivity index (χ4v) is 5.57. The molecule has 0 bridgehead atoms. The molecule has 2 aromatic rings. The number of ether oxygens (including phenoxy) is 2. The highest BCUT2D eigenvalue weighted by Gasteiger charge is 2.29. The minimum absolute atomic E-state index is 0.0426. The minimum Gasteiger partial charge on any atom is -0.486 e. The lowest BCUT2D eigenvalue weighted by Gasteiger charge is -2.27. The smallest absolute Gasteiger partial charge is 0.264 e. The monoisotopic (exact) mass is 491 g/mol. The summed E-state index contributed by atoms with van der Waals surface area (Å²) in [6.07, 6.45) is 4.47. The number of nitrogens with zero attached hydrogens (tertiary/aromatic N) is 2. The van der Waals surface area contributed by atoms with Gasteiger partial charge in [-0.25, -0.2) is 12.8 Å². The fraction of sp³-hybridized carbons (Fsp3) is 0.458. The van der Waals surface area contributed by atoms with Gasteiger partial charge in [-0.1, -0.05) is 6.42 Å². The molecule has 0 radical (unpaired) electrons. The van der Waals surface area contributed by atoms with Crippen molar-refractivity contribution in [1.29, 1.82) is 0 Å². The maximum Gasteiger partial charge on any atom is 0.264 e. The van der Waals surface area contributed by atoms with Crippen LogP contribution in [-0.2, 0) is 14.8 Å². The molecule has 1 fully saturated rings. The van der Waals surface area contributed by atoms with Crippen molar-refractivity contribution in [3.63, 3.8) is 0 Å². The lowest BCUT2D eigenvalue weighted by atomic mass is 10.1. The van der Waals surface area contributed by atoms with Crippen molar-refractivity contribution >= 4 is 21.6 Å². The van der Waals surface area contributed by atoms with Crippen molar-refractivity contribution in [2.24, 2.45) is 0 Å². The van der Waals surface area contributed by atoms with E-state index < -0.39 is 28.3 Å². The molecule has 2 aromatic carbocycles. The molecule has 0 saturated carbocycles. The summed E-state index contributed by atoms with van der Waals surface area (Å²) in [6.45, 7) is 3.80. The highest BCUT2D eigenvalue weighted by Crippen LogP contribution is 2.34. The minimum atomic E-state index is -4.14. The van der Waals surface area contributed by atoms with Crippen molar-refractivity contribution in [1.82, 2.24) is 10.2 Å². The number of anilines is 1. The van der Waals surface area contributed by atoms with Gasteiger partial charge in [-0.15, -0.1) is 0 Å². The number of rotatable bonds is 9. The number of hydrogen-bond donors (Lipinski definition) is 1. The first kappa shape index (κ1) is 24.3. The second-order valence-corrected chi connectivity index (χ2v) is 10.3. The summed E-state index contributed by atoms with van der Waals surface area (Å²) >= 11 is 0. The van der Waals surface area contributed by atoms with Crippen LogP contribution in [0.15, 0.2) is 47.4 Å². The summed E-state index contributed by atoms with van der Waals surface area (Å²) in [5.74, 6) is -0.134. The number of piperidine rings is 1. The maximum atomic E-state index is 13.5. The number of benzene rings is 2. The second-order valence-electron chi connectivity index (χ2n) is 8.40. The third kappa shape index (κ3) is 5.98. The number of nitrogens with one attached hydrogen (secondary N) is 1. The van der Waals surface area contributed by atoms with Crippen LogP contribution in [0, 0.1) is 5.82 Å². The number of halogens is 1. The fourth-order valence-electron chi connectivity index (χ4n) is 4.13. The van der Waals surface area contributed by atoms with E-state index in [9.17, 15) is 17.6 Å². The first-order valence-corrected chi connectivity index (χ1v) is 13.0. The number of amides is 1. The Kier molecular flexibility index (Phi) is 7.89. The quantitative estimate of drug-likeness (QED) is 0.543. The van der Waals surface area contributed by atoms with E-state index in [2.05, 4.69) is 10.2 Å². The van der Waals surface area contributed by atoms with E-state index in [-0.39, 0.29) is 10.6 Å². The van der Waals surface area contributed by atoms with E-state index in [1.54, 1.807) is 0 Å². The summed E-state index contributed by atoms with van der Waals surface area (Å²) in [5, 5.41) is 2.82. The van der Waals surface area contributed by atoms with Gasteiger partial charge in [-0.2, -0.15) is 0 Å². The van der Waals surface area contributed by atoms with Crippen molar-refractivity contribution in [2.45, 2.75) is 30.6 Å². The summed E-state index contributed by atoms with van der Waals surface area (Å²) < 4.78 is 52.5. The molecule has 0 aromatic heterocycles. The molecule has 10 heteroatoms. The molecule has 0 aliphatic carbocycles. The van der Waals surface area contributed by atoms with Crippen molar-refractivity contribution in [3.8, 4) is 11.5 Å². The van der Waals surface area contributed by atoms with Crippen LogP contribution in [0.25, 0.3) is 0 Å². The van der Waals surface area contributed by atoms with E-state index in [1.165, 1.54) is 49.6 Å². The van der Waals surface area contributed by atoms with Crippen molar-refractivity contribution < 1.29 is 27.1 Å². The van der Waals surface area contributed by atoms with Gasteiger partial charge in [0.1, 0.15) is 25.6 Å². The van der Waals surface area contributed by atoms with Crippen LogP contribution in [0.3, 0.4) is 0 Å². The predicted molar refractivity (Wildman–Crippen MR) is 126 cm³/mol. The van der Waals surface area contributed by atoms with Gasteiger partial charge in [-0.3, -0.25) is 9.10 Å². The lowest BCUT2D eigenvalue weighted by Crippen LogP contribution is -2.41. The Labute approximate surface area is 199 Å². The van der Waals surface area contributed by atoms with Gasteiger partial charge in [0.05, 0.1) is 10.6 Å². The normalized spacial score (nSPS) is 16.1. The highest BCUT2D eigenvalue weighted by molar-refractivity contribution is 7.92. The van der Waals surface area contributed by atoms with E-state index in [4.69, 9.17) is 9.47 Å². The van der Waals surface area contributed by atoms with Crippen molar-refractivity contribution in [3.05, 3.63) is 48.3 Å². The Morgan fingerprint density at radius 3 is 2.44 bits per heavy atom. The van der Waals surface area contributed by atoms with Gasteiger partial charge >= 0.3 is 0 Å². The maximum absolute atomic E-state index is 13.5. The Morgan fingerprint density at radius 2 is 1.71 bits per heavy atom. The van der Waals surface area contributed by atoms with Crippen LogP contribution < -0.4 is 19.1 Å². The highest BCUT2D eigenvalue weighted by atomic mass is 32.2. The molecule has 2 heterocycles. The van der Waals surface area contributed by atoms with Crippen LogP contribution in [0.1, 0.15) is 25.7 Å². The number of carbonyl (C=O) groups is 1. The molecular weight excluding hydrogens is 461 g/mol. The van der Waals surface area contributed by atoms with Crippen LogP contribution in [0.5, 0.6) is 11.5 Å². The van der Waals surface area contributed by atoms with Crippen LogP contribution in [0.4, 0.5) is 10.1 Å². The van der Waals surface area contributed by atoms with Crippen molar-refractivity contribution in [2.75, 3.05) is 50.2 Å². The lowest BCUT2D eigenvalue weighted by molar-refractivity contribution is -0.119. The number of carbonyl (C=O) groups excluding carboxylic acids is 1. The first-order valence-electron chi connectivity index (χ1n) is 11.6. The van der Waals surface area contributed by atoms with E-state index >= 15 is 0 Å². The van der Waals surface area contributed by atoms with Gasteiger partial charge in [0.25, 0.3) is 10.0 Å². The van der Waals surface area contributed by atoms with Gasteiger partial charge < -0.3 is 19.7 Å². The van der Waals surface area contributed by atoms with Gasteiger partial charge in [-0.05, 0) is 75.3 Å². The average molecular weight is 492 g/mol. The molecule has 1 amide bonds. The molecule has 4 rings (SSSR count). The molecule has 0 atom stereocenters. The van der Waals surface area contributed by atoms with E-state index in [0.29, 0.717) is 31.3 Å². The first-order chi connectivity index (χ1) is 16.4. The Balaban J connectivity index is 1.46. The Hall–Kier alpha value is -2.85. The molecular formula is C24H30FN3O5S. The van der Waals surface area contributed by atoms with Gasteiger partial charge in [0, 0.05) is 12.6 Å². The molecule has 34 heavy (non-hydrogen) atoms. The molecule has 2 aliphatic heterocycles. The number of likely N-dealkylation sites (tertiary alicyclic amines) is 1. The van der Waals surface area contributed by atoms with E-state index in [0.717, 1.165) is 42.5 Å². The van der Waals surface area contributed by atoms with Crippen LogP contribution in [-0.4, -0.2) is 65.2 Å². The molecule has 184 valence electrons. The third-order valence-electron chi connectivity index (χ3n) is 5.93. The summed E-state index contributed by atoms with van der Waals surface area (Å²) in [6, 6.07) is 9.34. The van der Waals surface area contributed by atoms with E-state index in [1.807, 2.05) is 0 Å². The molecule has 8 nitrogen and oxygen atoms in total. The second kappa shape index (κ2) is 11.1. The molecule has 0 unspecified atom stereocenters. The van der Waals surface area contributed by atoms with Gasteiger partial charge in [0.15, 0.2) is 11.5 Å². The summed E-state index contributed by atoms with van der Waals surface area (Å²) in [7, 11) is -4.14. The Bertz CT molecular complexity index is 1090. The molecule has 2 aliphatic rings. The van der Waals surface area contributed by atoms with Gasteiger partial charge in [0.2, 0.25) is 5.91 Å². The zero-order valence-corrected chi connectivity index (χ0v) is 19.9. The standard InChI is InChI=1S/C24H30FN3O5S/c25-19-5-7-20(8-6-19)28(18-24(29)26-11-4-14-27-12-2-1-3-13-27)34(30,31)21-9-10-22-23(17-21)33-16-15-32-22/h5-10,17H,1-4,11-16,18H2,(H,26,29). The SMILES string of the molecule is O=C(CN(c1ccc(F)cc1)S(=O)(=O)c1ccc2c(c1)OCCO2)NCCCN1CCCCC1. The van der Waals surface area contributed by atoms with Crippen LogP contribution >= 0.6 is 0 Å². The molecule has 0 spiro atoms. The molecule has 1 saturated heterocycles. The summed E-state index contributed by atoms with van der Waals surface area (Å²) in [5.41, 5.74) is 0.194. The average Bonchev–Trinajstić information content (AvgIpc) is 2.86. The zero-order valence-electron chi connectivity index (χ0n) is 19.0. The number of hydrogen-bond acceptors (Lipinski definition) is 6. The Morgan fingerprint density at radius 1 is 1.00 bits per heavy atom. The molecule has 1 N–H and O–H groups in total. The predicted octanol–water partition coefficient (Wildman–Crippen LogP) is 2.78. The summed E-state index contributed by atoms with van der Waals surface area (Å²) in [4.78, 5) is 15.0.